The predicted octanol–water partition coefficient (Wildman–Crippen LogP) is 1.85. The molecule has 1 N–H and O–H groups in total. The minimum atomic E-state index is 0.00597. The maximum absolute atomic E-state index is 12.2. The second-order valence-corrected chi connectivity index (χ2v) is 5.73. The number of carbonyl (C=O) groups excluding carboxylic acids is 1. The number of methoxy groups -OCH3 is 1. The molecule has 2 aromatic rings. The molecule has 1 amide bonds. The Bertz CT molecular complexity index is 652. The number of hydrogen-bond acceptors (Lipinski definition) is 5. The van der Waals surface area contributed by atoms with Gasteiger partial charge in [0.15, 0.2) is 0 Å². The topological polar surface area (TPSA) is 57.7 Å². The predicted molar refractivity (Wildman–Crippen MR) is 94.5 cm³/mol. The number of rotatable bonds is 5. The lowest BCUT2D eigenvalue weighted by Crippen LogP contribution is -2.48. The molecule has 0 unspecified atom stereocenters. The molecule has 1 fully saturated rings. The molecular formula is C18H22N4O2. The van der Waals surface area contributed by atoms with E-state index in [0.29, 0.717) is 6.54 Å². The number of pyridine rings is 1. The first-order valence-electron chi connectivity index (χ1n) is 8.07. The number of piperazine rings is 1. The van der Waals surface area contributed by atoms with Crippen molar-refractivity contribution in [2.24, 2.45) is 0 Å². The average Bonchev–Trinajstić information content (AvgIpc) is 2.64. The summed E-state index contributed by atoms with van der Waals surface area (Å²) in [5.74, 6) is 1.78. The molecule has 0 bridgehead atoms. The lowest BCUT2D eigenvalue weighted by molar-refractivity contribution is -0.117. The maximum Gasteiger partial charge on any atom is 0.238 e. The fraction of sp³-hybridized carbons (Fsp3) is 0.333. The summed E-state index contributed by atoms with van der Waals surface area (Å²) >= 11 is 0. The normalized spacial score (nSPS) is 15.1. The minimum Gasteiger partial charge on any atom is -0.497 e. The zero-order chi connectivity index (χ0) is 16.8. The van der Waals surface area contributed by atoms with Gasteiger partial charge in [-0.3, -0.25) is 9.69 Å². The third-order valence-corrected chi connectivity index (χ3v) is 4.09. The summed E-state index contributed by atoms with van der Waals surface area (Å²) in [6.45, 7) is 3.88. The lowest BCUT2D eigenvalue weighted by atomic mass is 10.3. The van der Waals surface area contributed by atoms with Crippen molar-refractivity contribution in [3.63, 3.8) is 0 Å². The Morgan fingerprint density at radius 2 is 1.88 bits per heavy atom. The van der Waals surface area contributed by atoms with Crippen molar-refractivity contribution < 1.29 is 9.53 Å². The molecule has 0 radical (unpaired) electrons. The van der Waals surface area contributed by atoms with Crippen LogP contribution in [0.25, 0.3) is 0 Å². The van der Waals surface area contributed by atoms with Crippen molar-refractivity contribution >= 4 is 17.4 Å². The van der Waals surface area contributed by atoms with Gasteiger partial charge in [-0.05, 0) is 36.4 Å². The highest BCUT2D eigenvalue weighted by Gasteiger charge is 2.19. The van der Waals surface area contributed by atoms with Gasteiger partial charge < -0.3 is 15.0 Å². The second-order valence-electron chi connectivity index (χ2n) is 5.73. The van der Waals surface area contributed by atoms with E-state index in [1.807, 2.05) is 48.7 Å². The van der Waals surface area contributed by atoms with Crippen LogP contribution in [0.15, 0.2) is 48.7 Å². The molecule has 1 aromatic heterocycles. The molecule has 1 aliphatic rings. The molecular weight excluding hydrogens is 304 g/mol. The Kier molecular flexibility index (Phi) is 5.28. The quantitative estimate of drug-likeness (QED) is 0.909. The molecule has 6 heteroatoms. The van der Waals surface area contributed by atoms with Gasteiger partial charge in [-0.25, -0.2) is 4.98 Å². The molecule has 1 saturated heterocycles. The summed E-state index contributed by atoms with van der Waals surface area (Å²) in [6, 6.07) is 13.3. The first kappa shape index (κ1) is 16.3. The van der Waals surface area contributed by atoms with Gasteiger partial charge in [0.2, 0.25) is 5.91 Å². The minimum absolute atomic E-state index is 0.00597. The van der Waals surface area contributed by atoms with Crippen molar-refractivity contribution in [2.45, 2.75) is 0 Å². The highest BCUT2D eigenvalue weighted by molar-refractivity contribution is 5.92. The number of hydrogen-bond donors (Lipinski definition) is 1. The van der Waals surface area contributed by atoms with Crippen molar-refractivity contribution in [1.82, 2.24) is 9.88 Å². The summed E-state index contributed by atoms with van der Waals surface area (Å²) in [6.07, 6.45) is 1.81. The number of nitrogens with one attached hydrogen (secondary N) is 1. The Morgan fingerprint density at radius 1 is 1.12 bits per heavy atom. The van der Waals surface area contributed by atoms with Crippen LogP contribution in [-0.2, 0) is 4.79 Å². The van der Waals surface area contributed by atoms with E-state index in [2.05, 4.69) is 20.1 Å². The van der Waals surface area contributed by atoms with Gasteiger partial charge in [0, 0.05) is 38.1 Å². The number of benzene rings is 1. The molecule has 0 spiro atoms. The summed E-state index contributed by atoms with van der Waals surface area (Å²) < 4.78 is 5.11. The third-order valence-electron chi connectivity index (χ3n) is 4.09. The molecule has 0 atom stereocenters. The number of anilines is 2. The lowest BCUT2D eigenvalue weighted by Gasteiger charge is -2.34. The molecule has 1 aromatic carbocycles. The van der Waals surface area contributed by atoms with E-state index in [0.717, 1.165) is 43.4 Å². The van der Waals surface area contributed by atoms with E-state index in [-0.39, 0.29) is 5.91 Å². The van der Waals surface area contributed by atoms with Crippen LogP contribution in [0.4, 0.5) is 11.5 Å². The number of carbonyl (C=O) groups is 1. The van der Waals surface area contributed by atoms with E-state index in [1.165, 1.54) is 0 Å². The van der Waals surface area contributed by atoms with Gasteiger partial charge in [0.05, 0.1) is 13.7 Å². The third kappa shape index (κ3) is 4.23. The van der Waals surface area contributed by atoms with Crippen molar-refractivity contribution in [2.75, 3.05) is 50.1 Å². The molecule has 0 saturated carbocycles. The fourth-order valence-electron chi connectivity index (χ4n) is 2.75. The van der Waals surface area contributed by atoms with Crippen molar-refractivity contribution in [3.8, 4) is 5.75 Å². The summed E-state index contributed by atoms with van der Waals surface area (Å²) in [5, 5.41) is 2.92. The van der Waals surface area contributed by atoms with Crippen LogP contribution in [0.5, 0.6) is 5.75 Å². The molecule has 0 aliphatic carbocycles. The van der Waals surface area contributed by atoms with Crippen LogP contribution in [0.2, 0.25) is 0 Å². The van der Waals surface area contributed by atoms with Gasteiger partial charge in [-0.15, -0.1) is 0 Å². The Balaban J connectivity index is 1.46. The highest BCUT2D eigenvalue weighted by atomic mass is 16.5. The van der Waals surface area contributed by atoms with Gasteiger partial charge in [-0.1, -0.05) is 6.07 Å². The van der Waals surface area contributed by atoms with Crippen LogP contribution in [-0.4, -0.2) is 55.6 Å². The molecule has 3 rings (SSSR count). The van der Waals surface area contributed by atoms with Gasteiger partial charge in [-0.2, -0.15) is 0 Å². The van der Waals surface area contributed by atoms with Crippen LogP contribution in [0.3, 0.4) is 0 Å². The smallest absolute Gasteiger partial charge is 0.238 e. The Labute approximate surface area is 142 Å². The first-order valence-corrected chi connectivity index (χ1v) is 8.07. The Morgan fingerprint density at radius 3 is 2.50 bits per heavy atom. The summed E-state index contributed by atoms with van der Waals surface area (Å²) in [5.41, 5.74) is 0.785. The van der Waals surface area contributed by atoms with E-state index in [4.69, 9.17) is 4.74 Å². The van der Waals surface area contributed by atoms with Gasteiger partial charge >= 0.3 is 0 Å². The van der Waals surface area contributed by atoms with Gasteiger partial charge in [0.1, 0.15) is 11.6 Å². The van der Waals surface area contributed by atoms with Crippen LogP contribution in [0, 0.1) is 0 Å². The zero-order valence-electron chi connectivity index (χ0n) is 13.8. The van der Waals surface area contributed by atoms with Crippen LogP contribution >= 0.6 is 0 Å². The monoisotopic (exact) mass is 326 g/mol. The standard InChI is InChI=1S/C18H22N4O2/c1-24-16-7-5-15(6-8-16)20-18(23)14-21-10-12-22(13-11-21)17-4-2-3-9-19-17/h2-9H,10-14H2,1H3,(H,20,23). The average molecular weight is 326 g/mol. The Hall–Kier alpha value is -2.60. The van der Waals surface area contributed by atoms with Crippen molar-refractivity contribution in [1.29, 1.82) is 0 Å². The molecule has 1 aliphatic heterocycles. The van der Waals surface area contributed by atoms with Crippen molar-refractivity contribution in [3.05, 3.63) is 48.7 Å². The summed E-state index contributed by atoms with van der Waals surface area (Å²) in [4.78, 5) is 21.0. The molecule has 2 heterocycles. The SMILES string of the molecule is COc1ccc(NC(=O)CN2CCN(c3ccccn3)CC2)cc1. The van der Waals surface area contributed by atoms with E-state index < -0.39 is 0 Å². The van der Waals surface area contributed by atoms with E-state index >= 15 is 0 Å². The summed E-state index contributed by atoms with van der Waals surface area (Å²) in [7, 11) is 1.62. The van der Waals surface area contributed by atoms with Gasteiger partial charge in [0.25, 0.3) is 0 Å². The van der Waals surface area contributed by atoms with Crippen LogP contribution in [0.1, 0.15) is 0 Å². The number of aromatic nitrogens is 1. The van der Waals surface area contributed by atoms with Crippen LogP contribution < -0.4 is 15.0 Å². The van der Waals surface area contributed by atoms with E-state index in [9.17, 15) is 4.79 Å². The fourth-order valence-corrected chi connectivity index (χ4v) is 2.75. The molecule has 6 nitrogen and oxygen atoms in total. The number of ether oxygens (including phenoxy) is 1. The number of amides is 1. The highest BCUT2D eigenvalue weighted by Crippen LogP contribution is 2.15. The maximum atomic E-state index is 12.2. The second kappa shape index (κ2) is 7.79. The molecule has 24 heavy (non-hydrogen) atoms. The molecule has 126 valence electrons. The largest absolute Gasteiger partial charge is 0.497 e. The number of nitrogens with zero attached hydrogens (tertiary/aromatic N) is 3. The first-order chi connectivity index (χ1) is 11.7. The van der Waals surface area contributed by atoms with E-state index in [1.54, 1.807) is 7.11 Å². The zero-order valence-corrected chi connectivity index (χ0v) is 13.8.